The van der Waals surface area contributed by atoms with Gasteiger partial charge in [-0.25, -0.2) is 4.79 Å². The fourth-order valence-corrected chi connectivity index (χ4v) is 1.94. The third kappa shape index (κ3) is 3.09. The second kappa shape index (κ2) is 5.76. The molecule has 0 aliphatic rings. The first-order valence-corrected chi connectivity index (χ1v) is 6.24. The van der Waals surface area contributed by atoms with Gasteiger partial charge in [0, 0.05) is 5.39 Å². The van der Waals surface area contributed by atoms with Gasteiger partial charge in [-0.3, -0.25) is 9.59 Å². The van der Waals surface area contributed by atoms with Crippen LogP contribution in [0, 0.1) is 0 Å². The summed E-state index contributed by atoms with van der Waals surface area (Å²) in [7, 11) is 0. The average Bonchev–Trinajstić information content (AvgIpc) is 2.43. The smallest absolute Gasteiger partial charge is 0.328 e. The quantitative estimate of drug-likeness (QED) is 0.636. The number of aromatic amines is 1. The molecular formula is C14H14N2O5. The van der Waals surface area contributed by atoms with E-state index in [2.05, 4.69) is 10.3 Å². The van der Waals surface area contributed by atoms with Crippen molar-refractivity contribution in [3.63, 3.8) is 0 Å². The van der Waals surface area contributed by atoms with E-state index in [0.717, 1.165) is 0 Å². The summed E-state index contributed by atoms with van der Waals surface area (Å²) < 4.78 is 0. The molecule has 0 saturated heterocycles. The Morgan fingerprint density at radius 1 is 1.29 bits per heavy atom. The first-order valence-electron chi connectivity index (χ1n) is 6.24. The summed E-state index contributed by atoms with van der Waals surface area (Å²) in [5, 5.41) is 21.4. The number of rotatable bonds is 4. The Kier molecular flexibility index (Phi) is 4.04. The van der Waals surface area contributed by atoms with Crippen LogP contribution in [-0.4, -0.2) is 39.2 Å². The van der Waals surface area contributed by atoms with Gasteiger partial charge in [0.2, 0.25) is 0 Å². The van der Waals surface area contributed by atoms with Crippen LogP contribution in [0.25, 0.3) is 10.8 Å². The fourth-order valence-electron chi connectivity index (χ4n) is 1.94. The lowest BCUT2D eigenvalue weighted by Crippen LogP contribution is -2.48. The molecule has 7 heteroatoms. The highest BCUT2D eigenvalue weighted by Crippen LogP contribution is 2.10. The standard InChI is InChI=1S/C14H14N2O5/c1-7(17)11(14(20)21)16-13(19)10-6-8-4-2-3-5-9(8)12(18)15-10/h2-7,11,17H,1H3,(H,15,18)(H,16,19)(H,20,21). The van der Waals surface area contributed by atoms with Gasteiger partial charge < -0.3 is 20.5 Å². The van der Waals surface area contributed by atoms with E-state index in [1.165, 1.54) is 13.0 Å². The van der Waals surface area contributed by atoms with Crippen LogP contribution in [0.15, 0.2) is 35.1 Å². The number of nitrogens with one attached hydrogen (secondary N) is 2. The monoisotopic (exact) mass is 290 g/mol. The van der Waals surface area contributed by atoms with Gasteiger partial charge in [-0.1, -0.05) is 18.2 Å². The van der Waals surface area contributed by atoms with E-state index >= 15 is 0 Å². The van der Waals surface area contributed by atoms with Crippen molar-refractivity contribution in [2.75, 3.05) is 0 Å². The molecule has 1 aromatic heterocycles. The van der Waals surface area contributed by atoms with Gasteiger partial charge in [0.1, 0.15) is 5.69 Å². The zero-order valence-corrected chi connectivity index (χ0v) is 11.2. The normalized spacial score (nSPS) is 13.6. The number of aliphatic hydroxyl groups excluding tert-OH is 1. The number of amides is 1. The van der Waals surface area contributed by atoms with Crippen molar-refractivity contribution >= 4 is 22.6 Å². The summed E-state index contributed by atoms with van der Waals surface area (Å²) in [5.41, 5.74) is -0.507. The van der Waals surface area contributed by atoms with Gasteiger partial charge in [0.05, 0.1) is 6.10 Å². The largest absolute Gasteiger partial charge is 0.480 e. The van der Waals surface area contributed by atoms with Gasteiger partial charge in [-0.15, -0.1) is 0 Å². The lowest BCUT2D eigenvalue weighted by atomic mass is 10.1. The summed E-state index contributed by atoms with van der Waals surface area (Å²) in [6.07, 6.45) is -1.27. The first-order chi connectivity index (χ1) is 9.90. The molecule has 2 atom stereocenters. The Labute approximate surface area is 119 Å². The maximum absolute atomic E-state index is 12.0. The summed E-state index contributed by atoms with van der Waals surface area (Å²) in [6, 6.07) is 6.71. The molecule has 4 N–H and O–H groups in total. The molecule has 0 aliphatic carbocycles. The molecule has 0 bridgehead atoms. The molecule has 1 aromatic carbocycles. The molecule has 0 aliphatic heterocycles. The van der Waals surface area contributed by atoms with Crippen LogP contribution < -0.4 is 10.9 Å². The van der Waals surface area contributed by atoms with Gasteiger partial charge >= 0.3 is 5.97 Å². The number of hydrogen-bond acceptors (Lipinski definition) is 4. The molecular weight excluding hydrogens is 276 g/mol. The molecule has 0 saturated carbocycles. The SMILES string of the molecule is CC(O)C(NC(=O)c1cc2ccccc2c(=O)[nH]1)C(=O)O. The van der Waals surface area contributed by atoms with Crippen LogP contribution in [0.4, 0.5) is 0 Å². The van der Waals surface area contributed by atoms with E-state index in [9.17, 15) is 19.5 Å². The van der Waals surface area contributed by atoms with Crippen molar-refractivity contribution < 1.29 is 19.8 Å². The zero-order valence-electron chi connectivity index (χ0n) is 11.2. The fraction of sp³-hybridized carbons (Fsp3) is 0.214. The molecule has 2 unspecified atom stereocenters. The third-order valence-corrected chi connectivity index (χ3v) is 3.03. The summed E-state index contributed by atoms with van der Waals surface area (Å²) in [4.78, 5) is 37.2. The molecule has 7 nitrogen and oxygen atoms in total. The predicted molar refractivity (Wildman–Crippen MR) is 75.1 cm³/mol. The number of carbonyl (C=O) groups excluding carboxylic acids is 1. The highest BCUT2D eigenvalue weighted by molar-refractivity contribution is 5.98. The molecule has 2 aromatic rings. The second-order valence-corrected chi connectivity index (χ2v) is 4.63. The number of carboxylic acids is 1. The van der Waals surface area contributed by atoms with Crippen LogP contribution in [0.5, 0.6) is 0 Å². The highest BCUT2D eigenvalue weighted by atomic mass is 16.4. The van der Waals surface area contributed by atoms with E-state index in [0.29, 0.717) is 10.8 Å². The predicted octanol–water partition coefficient (Wildman–Crippen LogP) is 0.0919. The van der Waals surface area contributed by atoms with E-state index in [-0.39, 0.29) is 5.69 Å². The Morgan fingerprint density at radius 3 is 2.57 bits per heavy atom. The minimum atomic E-state index is -1.45. The number of aromatic nitrogens is 1. The average molecular weight is 290 g/mol. The summed E-state index contributed by atoms with van der Waals surface area (Å²) in [6.45, 7) is 1.25. The Balaban J connectivity index is 2.36. The lowest BCUT2D eigenvalue weighted by molar-refractivity contribution is -0.141. The summed E-state index contributed by atoms with van der Waals surface area (Å²) >= 11 is 0. The molecule has 0 radical (unpaired) electrons. The molecule has 0 fully saturated rings. The van der Waals surface area contributed by atoms with E-state index in [1.54, 1.807) is 24.3 Å². The number of carbonyl (C=O) groups is 2. The van der Waals surface area contributed by atoms with Crippen molar-refractivity contribution in [3.8, 4) is 0 Å². The van der Waals surface area contributed by atoms with Crippen molar-refractivity contribution in [1.82, 2.24) is 10.3 Å². The molecule has 110 valence electrons. The van der Waals surface area contributed by atoms with Gasteiger partial charge in [-0.2, -0.15) is 0 Å². The van der Waals surface area contributed by atoms with Crippen LogP contribution in [0.2, 0.25) is 0 Å². The molecule has 1 heterocycles. The summed E-state index contributed by atoms with van der Waals surface area (Å²) in [5.74, 6) is -2.13. The minimum Gasteiger partial charge on any atom is -0.480 e. The maximum Gasteiger partial charge on any atom is 0.328 e. The van der Waals surface area contributed by atoms with Gasteiger partial charge in [-0.05, 0) is 24.4 Å². The Hall–Kier alpha value is -2.67. The van der Waals surface area contributed by atoms with Crippen LogP contribution in [0.3, 0.4) is 0 Å². The number of aliphatic carboxylic acids is 1. The van der Waals surface area contributed by atoms with Crippen molar-refractivity contribution in [2.45, 2.75) is 19.1 Å². The number of H-pyrrole nitrogens is 1. The molecule has 1 amide bonds. The topological polar surface area (TPSA) is 119 Å². The number of carboxylic acid groups (broad SMARTS) is 1. The molecule has 21 heavy (non-hydrogen) atoms. The maximum atomic E-state index is 12.0. The number of aliphatic hydroxyl groups is 1. The lowest BCUT2D eigenvalue weighted by Gasteiger charge is -2.16. The van der Waals surface area contributed by atoms with Crippen LogP contribution in [0.1, 0.15) is 17.4 Å². The van der Waals surface area contributed by atoms with Gasteiger partial charge in [0.15, 0.2) is 6.04 Å². The zero-order chi connectivity index (χ0) is 15.6. The second-order valence-electron chi connectivity index (χ2n) is 4.63. The van der Waals surface area contributed by atoms with Gasteiger partial charge in [0.25, 0.3) is 11.5 Å². The van der Waals surface area contributed by atoms with Crippen LogP contribution in [-0.2, 0) is 4.79 Å². The van der Waals surface area contributed by atoms with Crippen LogP contribution >= 0.6 is 0 Å². The number of fused-ring (bicyclic) bond motifs is 1. The Morgan fingerprint density at radius 2 is 1.95 bits per heavy atom. The number of pyridine rings is 1. The minimum absolute atomic E-state index is 0.0643. The highest BCUT2D eigenvalue weighted by Gasteiger charge is 2.25. The van der Waals surface area contributed by atoms with Crippen molar-refractivity contribution in [1.29, 1.82) is 0 Å². The van der Waals surface area contributed by atoms with E-state index in [4.69, 9.17) is 5.11 Å². The van der Waals surface area contributed by atoms with E-state index < -0.39 is 29.6 Å². The van der Waals surface area contributed by atoms with E-state index in [1.807, 2.05) is 0 Å². The van der Waals surface area contributed by atoms with Crippen molar-refractivity contribution in [3.05, 3.63) is 46.4 Å². The van der Waals surface area contributed by atoms with Crippen molar-refractivity contribution in [2.24, 2.45) is 0 Å². The third-order valence-electron chi connectivity index (χ3n) is 3.03. The number of hydrogen-bond donors (Lipinski definition) is 4. The molecule has 2 rings (SSSR count). The number of benzene rings is 1. The first kappa shape index (κ1) is 14.7. The molecule has 0 spiro atoms. The Bertz CT molecular complexity index is 750.